The summed E-state index contributed by atoms with van der Waals surface area (Å²) in [6, 6.07) is 8.00. The zero-order valence-corrected chi connectivity index (χ0v) is 14.0. The molecule has 1 aliphatic heterocycles. The third kappa shape index (κ3) is 4.87. The lowest BCUT2D eigenvalue weighted by Gasteiger charge is -2.34. The number of carbonyl (C=O) groups excluding carboxylic acids is 2. The Kier molecular flexibility index (Phi) is 5.84. The first-order chi connectivity index (χ1) is 11.0. The molecule has 1 aromatic carbocycles. The van der Waals surface area contributed by atoms with Gasteiger partial charge in [0.25, 0.3) is 0 Å². The van der Waals surface area contributed by atoms with Gasteiger partial charge in [-0.25, -0.2) is 4.79 Å². The maximum absolute atomic E-state index is 12.1. The van der Waals surface area contributed by atoms with E-state index in [0.29, 0.717) is 0 Å². The van der Waals surface area contributed by atoms with E-state index in [1.165, 1.54) is 18.4 Å². The van der Waals surface area contributed by atoms with Crippen LogP contribution < -0.4 is 15.5 Å². The van der Waals surface area contributed by atoms with E-state index in [1.807, 2.05) is 0 Å². The van der Waals surface area contributed by atoms with Gasteiger partial charge < -0.3 is 20.3 Å². The number of piperidine rings is 1. The lowest BCUT2D eigenvalue weighted by atomic mass is 10.0. The molecule has 0 bridgehead atoms. The fourth-order valence-corrected chi connectivity index (χ4v) is 2.73. The summed E-state index contributed by atoms with van der Waals surface area (Å²) in [5, 5.41) is 5.47. The number of hydrogen-bond donors (Lipinski definition) is 2. The molecule has 1 aromatic rings. The molecular formula is C17H25N3O3. The first-order valence-corrected chi connectivity index (χ1v) is 7.96. The number of amides is 2. The topological polar surface area (TPSA) is 70.7 Å². The zero-order valence-electron chi connectivity index (χ0n) is 14.0. The summed E-state index contributed by atoms with van der Waals surface area (Å²) < 4.78 is 4.50. The molecular weight excluding hydrogens is 294 g/mol. The summed E-state index contributed by atoms with van der Waals surface area (Å²) >= 11 is 0. The van der Waals surface area contributed by atoms with E-state index < -0.39 is 12.1 Å². The van der Waals surface area contributed by atoms with E-state index in [4.69, 9.17) is 0 Å². The summed E-state index contributed by atoms with van der Waals surface area (Å²) in [5.74, 6) is -0.176. The van der Waals surface area contributed by atoms with Gasteiger partial charge in [-0.3, -0.25) is 4.79 Å². The molecule has 6 nitrogen and oxygen atoms in total. The molecule has 126 valence electrons. The number of hydrogen-bond acceptors (Lipinski definition) is 4. The van der Waals surface area contributed by atoms with Crippen molar-refractivity contribution in [2.45, 2.75) is 38.8 Å². The predicted molar refractivity (Wildman–Crippen MR) is 89.6 cm³/mol. The maximum Gasteiger partial charge on any atom is 0.407 e. The second-order valence-electron chi connectivity index (χ2n) is 5.97. The third-order valence-electron chi connectivity index (χ3n) is 4.12. The highest BCUT2D eigenvalue weighted by molar-refractivity contribution is 5.85. The molecule has 1 unspecified atom stereocenters. The van der Waals surface area contributed by atoms with Gasteiger partial charge in [0.2, 0.25) is 5.91 Å². The van der Waals surface area contributed by atoms with E-state index in [9.17, 15) is 9.59 Å². The van der Waals surface area contributed by atoms with Crippen LogP contribution in [0, 0.1) is 6.92 Å². The van der Waals surface area contributed by atoms with Gasteiger partial charge in [0, 0.05) is 24.8 Å². The van der Waals surface area contributed by atoms with Gasteiger partial charge in [0.15, 0.2) is 0 Å². The second kappa shape index (κ2) is 7.85. The summed E-state index contributed by atoms with van der Waals surface area (Å²) in [5.41, 5.74) is 2.48. The van der Waals surface area contributed by atoms with E-state index in [0.717, 1.165) is 25.9 Å². The molecule has 1 fully saturated rings. The minimum absolute atomic E-state index is 0.144. The van der Waals surface area contributed by atoms with Crippen molar-refractivity contribution in [2.24, 2.45) is 0 Å². The molecule has 23 heavy (non-hydrogen) atoms. The number of methoxy groups -OCH3 is 1. The summed E-state index contributed by atoms with van der Waals surface area (Å²) in [6.45, 7) is 5.56. The number of ether oxygens (including phenoxy) is 1. The van der Waals surface area contributed by atoms with Crippen LogP contribution in [0.3, 0.4) is 0 Å². The van der Waals surface area contributed by atoms with Crippen molar-refractivity contribution in [2.75, 3.05) is 25.1 Å². The van der Waals surface area contributed by atoms with Gasteiger partial charge in [-0.05, 0) is 44.4 Å². The van der Waals surface area contributed by atoms with Crippen LogP contribution in [0.5, 0.6) is 0 Å². The number of nitrogens with zero attached hydrogens (tertiary/aromatic N) is 1. The molecule has 0 radical (unpaired) electrons. The molecule has 1 heterocycles. The lowest BCUT2D eigenvalue weighted by Crippen LogP contribution is -2.51. The molecule has 0 aliphatic carbocycles. The zero-order chi connectivity index (χ0) is 16.8. The van der Waals surface area contributed by atoms with Crippen molar-refractivity contribution in [3.8, 4) is 0 Å². The Bertz CT molecular complexity index is 554. The van der Waals surface area contributed by atoms with Crippen molar-refractivity contribution in [3.63, 3.8) is 0 Å². The smallest absolute Gasteiger partial charge is 0.407 e. The first-order valence-electron chi connectivity index (χ1n) is 7.96. The van der Waals surface area contributed by atoms with Crippen LogP contribution in [0.25, 0.3) is 0 Å². The van der Waals surface area contributed by atoms with Crippen LogP contribution >= 0.6 is 0 Å². The Balaban J connectivity index is 1.80. The van der Waals surface area contributed by atoms with Gasteiger partial charge in [-0.2, -0.15) is 0 Å². The SMILES string of the molecule is COC(=O)NC(C)C(=O)NC1CCN(c2cccc(C)c2)CC1. The van der Waals surface area contributed by atoms with Gasteiger partial charge in [0.1, 0.15) is 6.04 Å². The molecule has 2 N–H and O–H groups in total. The minimum Gasteiger partial charge on any atom is -0.453 e. The fourth-order valence-electron chi connectivity index (χ4n) is 2.73. The Hall–Kier alpha value is -2.24. The van der Waals surface area contributed by atoms with Crippen molar-refractivity contribution >= 4 is 17.7 Å². The maximum atomic E-state index is 12.1. The number of benzene rings is 1. The van der Waals surface area contributed by atoms with Crippen molar-refractivity contribution in [1.82, 2.24) is 10.6 Å². The number of alkyl carbamates (subject to hydrolysis) is 1. The number of anilines is 1. The van der Waals surface area contributed by atoms with Gasteiger partial charge in [0.05, 0.1) is 7.11 Å². The van der Waals surface area contributed by atoms with Crippen LogP contribution in [0.1, 0.15) is 25.3 Å². The molecule has 1 saturated heterocycles. The second-order valence-corrected chi connectivity index (χ2v) is 5.97. The van der Waals surface area contributed by atoms with E-state index in [-0.39, 0.29) is 11.9 Å². The molecule has 2 rings (SSSR count). The molecule has 6 heteroatoms. The number of aryl methyl sites for hydroxylation is 1. The Morgan fingerprint density at radius 1 is 1.30 bits per heavy atom. The van der Waals surface area contributed by atoms with Crippen molar-refractivity contribution in [3.05, 3.63) is 29.8 Å². The van der Waals surface area contributed by atoms with E-state index in [2.05, 4.69) is 51.5 Å². The summed E-state index contributed by atoms with van der Waals surface area (Å²) in [4.78, 5) is 25.5. The lowest BCUT2D eigenvalue weighted by molar-refractivity contribution is -0.123. The van der Waals surface area contributed by atoms with Gasteiger partial charge in [-0.15, -0.1) is 0 Å². The first kappa shape index (κ1) is 17.1. The van der Waals surface area contributed by atoms with Gasteiger partial charge >= 0.3 is 6.09 Å². The monoisotopic (exact) mass is 319 g/mol. The fraction of sp³-hybridized carbons (Fsp3) is 0.529. The molecule has 0 spiro atoms. The van der Waals surface area contributed by atoms with Crippen LogP contribution in [-0.4, -0.2) is 44.3 Å². The largest absolute Gasteiger partial charge is 0.453 e. The molecule has 0 saturated carbocycles. The quantitative estimate of drug-likeness (QED) is 0.888. The Morgan fingerprint density at radius 3 is 2.61 bits per heavy atom. The highest BCUT2D eigenvalue weighted by Crippen LogP contribution is 2.21. The normalized spacial score (nSPS) is 16.6. The molecule has 1 atom stereocenters. The predicted octanol–water partition coefficient (Wildman–Crippen LogP) is 1.82. The summed E-state index contributed by atoms with van der Waals surface area (Å²) in [6.07, 6.45) is 1.19. The number of nitrogens with one attached hydrogen (secondary N) is 2. The van der Waals surface area contributed by atoms with Crippen molar-refractivity contribution < 1.29 is 14.3 Å². The van der Waals surface area contributed by atoms with E-state index in [1.54, 1.807) is 6.92 Å². The summed E-state index contributed by atoms with van der Waals surface area (Å²) in [7, 11) is 1.28. The standard InChI is InChI=1S/C17H25N3O3/c1-12-5-4-6-15(11-12)20-9-7-14(8-10-20)19-16(21)13(2)18-17(22)23-3/h4-6,11,13-14H,7-10H2,1-3H3,(H,18,22)(H,19,21). The average Bonchev–Trinajstić information content (AvgIpc) is 2.55. The molecule has 2 amide bonds. The Labute approximate surface area is 137 Å². The highest BCUT2D eigenvalue weighted by atomic mass is 16.5. The van der Waals surface area contributed by atoms with E-state index >= 15 is 0 Å². The third-order valence-corrected chi connectivity index (χ3v) is 4.12. The van der Waals surface area contributed by atoms with Gasteiger partial charge in [-0.1, -0.05) is 12.1 Å². The number of carbonyl (C=O) groups is 2. The Morgan fingerprint density at radius 2 is 2.00 bits per heavy atom. The van der Waals surface area contributed by atoms with Crippen LogP contribution in [0.2, 0.25) is 0 Å². The highest BCUT2D eigenvalue weighted by Gasteiger charge is 2.23. The number of rotatable bonds is 4. The average molecular weight is 319 g/mol. The van der Waals surface area contributed by atoms with Crippen LogP contribution in [0.15, 0.2) is 24.3 Å². The molecule has 0 aromatic heterocycles. The van der Waals surface area contributed by atoms with Crippen LogP contribution in [0.4, 0.5) is 10.5 Å². The van der Waals surface area contributed by atoms with Crippen LogP contribution in [-0.2, 0) is 9.53 Å². The van der Waals surface area contributed by atoms with Crippen molar-refractivity contribution in [1.29, 1.82) is 0 Å². The molecule has 1 aliphatic rings. The minimum atomic E-state index is -0.600.